The Hall–Kier alpha value is -1.14. The zero-order valence-corrected chi connectivity index (χ0v) is 15.6. The van der Waals surface area contributed by atoms with E-state index in [1.54, 1.807) is 11.3 Å². The van der Waals surface area contributed by atoms with Crippen LogP contribution < -0.4 is 10.1 Å². The number of nitrogens with one attached hydrogen (secondary N) is 1. The standard InChI is InChI=1S/C18H24ClN3OS/c1-2-22-9-3-4-16(22)11-20-10-15-13-24-18(21-15)12-23-17-7-5-14(19)6-8-17/h5-8,13,16,20H,2-4,9-12H2,1H3. The van der Waals surface area contributed by atoms with E-state index in [9.17, 15) is 0 Å². The zero-order valence-electron chi connectivity index (χ0n) is 14.0. The van der Waals surface area contributed by atoms with Crippen LogP contribution in [-0.2, 0) is 13.2 Å². The van der Waals surface area contributed by atoms with Gasteiger partial charge in [-0.05, 0) is 50.2 Å². The molecule has 1 aliphatic rings. The minimum Gasteiger partial charge on any atom is -0.486 e. The van der Waals surface area contributed by atoms with Crippen LogP contribution in [0.25, 0.3) is 0 Å². The Morgan fingerprint density at radius 1 is 1.38 bits per heavy atom. The van der Waals surface area contributed by atoms with E-state index in [0.29, 0.717) is 17.7 Å². The van der Waals surface area contributed by atoms with Crippen molar-refractivity contribution in [2.45, 2.75) is 39.0 Å². The van der Waals surface area contributed by atoms with Crippen LogP contribution in [0.15, 0.2) is 29.6 Å². The molecule has 1 fully saturated rings. The third-order valence-corrected chi connectivity index (χ3v) is 5.49. The highest BCUT2D eigenvalue weighted by atomic mass is 35.5. The number of thiazole rings is 1. The number of rotatable bonds is 8. The van der Waals surface area contributed by atoms with Crippen LogP contribution in [0.4, 0.5) is 0 Å². The lowest BCUT2D eigenvalue weighted by molar-refractivity contribution is 0.259. The number of nitrogens with zero attached hydrogens (tertiary/aromatic N) is 2. The van der Waals surface area contributed by atoms with Crippen molar-refractivity contribution in [2.75, 3.05) is 19.6 Å². The number of aromatic nitrogens is 1. The van der Waals surface area contributed by atoms with Crippen molar-refractivity contribution in [3.05, 3.63) is 45.4 Å². The minimum absolute atomic E-state index is 0.499. The maximum absolute atomic E-state index is 5.87. The highest BCUT2D eigenvalue weighted by Gasteiger charge is 2.22. The molecule has 24 heavy (non-hydrogen) atoms. The molecule has 6 heteroatoms. The second-order valence-corrected chi connectivity index (χ2v) is 7.41. The molecule has 3 rings (SSSR count). The zero-order chi connectivity index (χ0) is 16.8. The van der Waals surface area contributed by atoms with Crippen molar-refractivity contribution < 1.29 is 4.74 Å². The molecule has 0 spiro atoms. The monoisotopic (exact) mass is 365 g/mol. The molecule has 2 heterocycles. The SMILES string of the molecule is CCN1CCCC1CNCc1csc(COc2ccc(Cl)cc2)n1. The Kier molecular flexibility index (Phi) is 6.49. The summed E-state index contributed by atoms with van der Waals surface area (Å²) in [5.74, 6) is 0.815. The lowest BCUT2D eigenvalue weighted by atomic mass is 10.2. The van der Waals surface area contributed by atoms with Gasteiger partial charge in [0.25, 0.3) is 0 Å². The van der Waals surface area contributed by atoms with Gasteiger partial charge in [0.1, 0.15) is 17.4 Å². The predicted molar refractivity (Wildman–Crippen MR) is 99.9 cm³/mol. The second kappa shape index (κ2) is 8.81. The summed E-state index contributed by atoms with van der Waals surface area (Å²) in [4.78, 5) is 7.19. The average molecular weight is 366 g/mol. The summed E-state index contributed by atoms with van der Waals surface area (Å²) in [6, 6.07) is 8.09. The summed E-state index contributed by atoms with van der Waals surface area (Å²) in [6.45, 7) is 7.00. The topological polar surface area (TPSA) is 37.4 Å². The van der Waals surface area contributed by atoms with E-state index in [-0.39, 0.29) is 0 Å². The van der Waals surface area contributed by atoms with Gasteiger partial charge in [-0.25, -0.2) is 4.98 Å². The van der Waals surface area contributed by atoms with Gasteiger partial charge in [-0.15, -0.1) is 11.3 Å². The quantitative estimate of drug-likeness (QED) is 0.768. The van der Waals surface area contributed by atoms with Crippen LogP contribution in [0.2, 0.25) is 5.02 Å². The van der Waals surface area contributed by atoms with E-state index in [0.717, 1.165) is 36.1 Å². The number of ether oxygens (including phenoxy) is 1. The summed E-state index contributed by atoms with van der Waals surface area (Å²) in [5, 5.41) is 7.37. The molecule has 1 aromatic heterocycles. The number of benzene rings is 1. The first-order valence-corrected chi connectivity index (χ1v) is 9.76. The Bertz CT molecular complexity index is 631. The molecule has 1 saturated heterocycles. The van der Waals surface area contributed by atoms with Gasteiger partial charge in [-0.3, -0.25) is 4.90 Å². The van der Waals surface area contributed by atoms with Gasteiger partial charge in [-0.1, -0.05) is 18.5 Å². The van der Waals surface area contributed by atoms with Crippen LogP contribution in [0, 0.1) is 0 Å². The molecule has 0 saturated carbocycles. The van der Waals surface area contributed by atoms with E-state index >= 15 is 0 Å². The summed E-state index contributed by atoms with van der Waals surface area (Å²) < 4.78 is 5.74. The summed E-state index contributed by atoms with van der Waals surface area (Å²) in [6.07, 6.45) is 2.63. The predicted octanol–water partition coefficient (Wildman–Crippen LogP) is 3.95. The lowest BCUT2D eigenvalue weighted by Crippen LogP contribution is -2.37. The fraction of sp³-hybridized carbons (Fsp3) is 0.500. The van der Waals surface area contributed by atoms with E-state index < -0.39 is 0 Å². The van der Waals surface area contributed by atoms with Crippen LogP contribution in [0.1, 0.15) is 30.5 Å². The van der Waals surface area contributed by atoms with Crippen molar-refractivity contribution in [3.8, 4) is 5.75 Å². The van der Waals surface area contributed by atoms with Gasteiger partial charge >= 0.3 is 0 Å². The molecule has 0 aliphatic carbocycles. The Morgan fingerprint density at radius 2 is 2.21 bits per heavy atom. The molecular weight excluding hydrogens is 342 g/mol. The number of likely N-dealkylation sites (tertiary alicyclic amines) is 1. The molecule has 1 N–H and O–H groups in total. The molecule has 0 amide bonds. The summed E-state index contributed by atoms with van der Waals surface area (Å²) in [7, 11) is 0. The normalized spacial score (nSPS) is 18.2. The highest BCUT2D eigenvalue weighted by molar-refractivity contribution is 7.09. The molecule has 4 nitrogen and oxygen atoms in total. The van der Waals surface area contributed by atoms with Crippen LogP contribution in [0.5, 0.6) is 5.75 Å². The van der Waals surface area contributed by atoms with Crippen molar-refractivity contribution >= 4 is 22.9 Å². The molecule has 0 radical (unpaired) electrons. The molecule has 1 unspecified atom stereocenters. The Labute approximate surface area is 152 Å². The fourth-order valence-electron chi connectivity index (χ4n) is 3.08. The Morgan fingerprint density at radius 3 is 3.00 bits per heavy atom. The molecule has 130 valence electrons. The number of likely N-dealkylation sites (N-methyl/N-ethyl adjacent to an activating group) is 1. The average Bonchev–Trinajstić information content (AvgIpc) is 3.23. The van der Waals surface area contributed by atoms with E-state index in [4.69, 9.17) is 16.3 Å². The Balaban J connectivity index is 1.41. The number of hydrogen-bond acceptors (Lipinski definition) is 5. The van der Waals surface area contributed by atoms with Gasteiger partial charge in [0.15, 0.2) is 0 Å². The first kappa shape index (κ1) is 17.7. The summed E-state index contributed by atoms with van der Waals surface area (Å²) >= 11 is 7.52. The van der Waals surface area contributed by atoms with Crippen LogP contribution >= 0.6 is 22.9 Å². The van der Waals surface area contributed by atoms with Crippen molar-refractivity contribution in [1.29, 1.82) is 0 Å². The van der Waals surface area contributed by atoms with E-state index in [2.05, 4.69) is 27.5 Å². The largest absolute Gasteiger partial charge is 0.486 e. The van der Waals surface area contributed by atoms with Gasteiger partial charge in [0.2, 0.25) is 0 Å². The van der Waals surface area contributed by atoms with Crippen LogP contribution in [0.3, 0.4) is 0 Å². The maximum Gasteiger partial charge on any atom is 0.140 e. The van der Waals surface area contributed by atoms with E-state index in [1.165, 1.54) is 19.4 Å². The number of halogens is 1. The third kappa shape index (κ3) is 4.93. The first-order chi connectivity index (χ1) is 11.7. The summed E-state index contributed by atoms with van der Waals surface area (Å²) in [5.41, 5.74) is 1.09. The van der Waals surface area contributed by atoms with E-state index in [1.807, 2.05) is 24.3 Å². The first-order valence-electron chi connectivity index (χ1n) is 8.51. The molecule has 1 atom stereocenters. The number of hydrogen-bond donors (Lipinski definition) is 1. The smallest absolute Gasteiger partial charge is 0.140 e. The van der Waals surface area contributed by atoms with Gasteiger partial charge in [0.05, 0.1) is 5.69 Å². The lowest BCUT2D eigenvalue weighted by Gasteiger charge is -2.22. The van der Waals surface area contributed by atoms with Gasteiger partial charge < -0.3 is 10.1 Å². The maximum atomic E-state index is 5.87. The molecule has 0 bridgehead atoms. The highest BCUT2D eigenvalue weighted by Crippen LogP contribution is 2.19. The third-order valence-electron chi connectivity index (χ3n) is 4.37. The molecular formula is C18H24ClN3OS. The van der Waals surface area contributed by atoms with Crippen molar-refractivity contribution in [3.63, 3.8) is 0 Å². The second-order valence-electron chi connectivity index (χ2n) is 6.03. The molecule has 1 aromatic carbocycles. The fourth-order valence-corrected chi connectivity index (χ4v) is 3.91. The van der Waals surface area contributed by atoms with Crippen LogP contribution in [-0.4, -0.2) is 35.6 Å². The van der Waals surface area contributed by atoms with Crippen molar-refractivity contribution in [2.24, 2.45) is 0 Å². The molecule has 1 aliphatic heterocycles. The van der Waals surface area contributed by atoms with Gasteiger partial charge in [0, 0.05) is 29.5 Å². The minimum atomic E-state index is 0.499. The van der Waals surface area contributed by atoms with Crippen molar-refractivity contribution in [1.82, 2.24) is 15.2 Å². The van der Waals surface area contributed by atoms with Gasteiger partial charge in [-0.2, -0.15) is 0 Å². The molecule has 2 aromatic rings.